The van der Waals surface area contributed by atoms with Crippen molar-refractivity contribution in [1.82, 2.24) is 4.90 Å². The van der Waals surface area contributed by atoms with E-state index in [2.05, 4.69) is 15.9 Å². The van der Waals surface area contributed by atoms with Gasteiger partial charge in [-0.05, 0) is 30.5 Å². The van der Waals surface area contributed by atoms with E-state index in [4.69, 9.17) is 0 Å². The summed E-state index contributed by atoms with van der Waals surface area (Å²) >= 11 is 3.39. The van der Waals surface area contributed by atoms with Crippen LogP contribution in [0.5, 0.6) is 0 Å². The first-order valence-corrected chi connectivity index (χ1v) is 7.24. The second-order valence-corrected chi connectivity index (χ2v) is 6.35. The minimum atomic E-state index is -0.815. The molecule has 2 atom stereocenters. The Hall–Kier alpha value is -0.910. The Bertz CT molecular complexity index is 488. The second kappa shape index (κ2) is 4.58. The molecule has 3 rings (SSSR count). The largest absolute Gasteiger partial charge is 0.388 e. The maximum atomic E-state index is 12.6. The van der Waals surface area contributed by atoms with Crippen LogP contribution in [-0.4, -0.2) is 46.3 Å². The van der Waals surface area contributed by atoms with Crippen molar-refractivity contribution in [2.75, 3.05) is 13.1 Å². The Labute approximate surface area is 120 Å². The molecule has 5 heteroatoms. The lowest BCUT2D eigenvalue weighted by atomic mass is 9.94. The minimum absolute atomic E-state index is 0.0328. The molecule has 1 saturated heterocycles. The molecule has 1 aliphatic carbocycles. The third-order valence-corrected chi connectivity index (χ3v) is 4.63. The molecule has 1 heterocycles. The molecule has 2 fully saturated rings. The van der Waals surface area contributed by atoms with Crippen LogP contribution in [-0.2, 0) is 10.2 Å². The zero-order chi connectivity index (χ0) is 13.6. The zero-order valence-corrected chi connectivity index (χ0v) is 12.0. The highest BCUT2D eigenvalue weighted by Gasteiger charge is 2.54. The van der Waals surface area contributed by atoms with Gasteiger partial charge in [-0.2, -0.15) is 0 Å². The fourth-order valence-electron chi connectivity index (χ4n) is 2.76. The van der Waals surface area contributed by atoms with E-state index in [1.807, 2.05) is 24.3 Å². The van der Waals surface area contributed by atoms with E-state index in [9.17, 15) is 15.0 Å². The van der Waals surface area contributed by atoms with Gasteiger partial charge in [0.15, 0.2) is 0 Å². The van der Waals surface area contributed by atoms with Crippen molar-refractivity contribution < 1.29 is 15.0 Å². The summed E-state index contributed by atoms with van der Waals surface area (Å²) in [4.78, 5) is 14.2. The molecule has 102 valence electrons. The molecule has 4 nitrogen and oxygen atoms in total. The van der Waals surface area contributed by atoms with Gasteiger partial charge in [0.1, 0.15) is 0 Å². The second-order valence-electron chi connectivity index (χ2n) is 5.43. The lowest BCUT2D eigenvalue weighted by Gasteiger charge is -2.23. The lowest BCUT2D eigenvalue weighted by Crippen LogP contribution is -2.38. The van der Waals surface area contributed by atoms with Crippen molar-refractivity contribution in [3.8, 4) is 0 Å². The van der Waals surface area contributed by atoms with Crippen molar-refractivity contribution in [2.24, 2.45) is 0 Å². The summed E-state index contributed by atoms with van der Waals surface area (Å²) in [7, 11) is 0. The van der Waals surface area contributed by atoms with Gasteiger partial charge in [-0.1, -0.05) is 28.1 Å². The summed E-state index contributed by atoms with van der Waals surface area (Å²) in [5, 5.41) is 19.1. The highest BCUT2D eigenvalue weighted by molar-refractivity contribution is 9.10. The van der Waals surface area contributed by atoms with Gasteiger partial charge in [0, 0.05) is 17.6 Å². The van der Waals surface area contributed by atoms with E-state index in [1.54, 1.807) is 4.90 Å². The summed E-state index contributed by atoms with van der Waals surface area (Å²) < 4.78 is 0.992. The number of likely N-dealkylation sites (tertiary alicyclic amines) is 1. The molecule has 2 N–H and O–H groups in total. The van der Waals surface area contributed by atoms with Crippen LogP contribution in [0.3, 0.4) is 0 Å². The Kier molecular flexibility index (Phi) is 3.15. The van der Waals surface area contributed by atoms with E-state index in [1.165, 1.54) is 0 Å². The number of carbonyl (C=O) groups excluding carboxylic acids is 1. The number of aliphatic hydroxyl groups is 2. The predicted molar refractivity (Wildman–Crippen MR) is 73.6 cm³/mol. The Morgan fingerprint density at radius 1 is 1.16 bits per heavy atom. The van der Waals surface area contributed by atoms with Crippen LogP contribution in [0.4, 0.5) is 0 Å². The van der Waals surface area contributed by atoms with Crippen LogP contribution in [0.15, 0.2) is 28.7 Å². The maximum absolute atomic E-state index is 12.6. The first kappa shape index (κ1) is 13.1. The number of carbonyl (C=O) groups is 1. The number of nitrogens with zero attached hydrogens (tertiary/aromatic N) is 1. The van der Waals surface area contributed by atoms with Crippen LogP contribution in [0.2, 0.25) is 0 Å². The van der Waals surface area contributed by atoms with Crippen molar-refractivity contribution in [3.05, 3.63) is 34.3 Å². The molecule has 1 aromatic carbocycles. The number of benzene rings is 1. The molecule has 1 amide bonds. The van der Waals surface area contributed by atoms with Crippen molar-refractivity contribution in [3.63, 3.8) is 0 Å². The number of halogens is 1. The minimum Gasteiger partial charge on any atom is -0.388 e. The third-order valence-electron chi connectivity index (χ3n) is 4.10. The molecule has 1 aromatic rings. The topological polar surface area (TPSA) is 60.8 Å². The zero-order valence-electron chi connectivity index (χ0n) is 10.4. The standard InChI is InChI=1S/C14H16BrNO3/c15-10-3-1-9(2-4-10)14(5-6-14)13(19)16-7-11(17)12(18)8-16/h1-4,11-12,17-18H,5-8H2/t11-,12+. The van der Waals surface area contributed by atoms with Crippen molar-refractivity contribution in [2.45, 2.75) is 30.5 Å². The van der Waals surface area contributed by atoms with Crippen LogP contribution < -0.4 is 0 Å². The number of hydrogen-bond acceptors (Lipinski definition) is 3. The number of amides is 1. The van der Waals surface area contributed by atoms with E-state index >= 15 is 0 Å². The van der Waals surface area contributed by atoms with Crippen molar-refractivity contribution >= 4 is 21.8 Å². The SMILES string of the molecule is O=C(N1C[C@@H](O)[C@@H](O)C1)C1(c2ccc(Br)cc2)CC1. The van der Waals surface area contributed by atoms with E-state index < -0.39 is 17.6 Å². The summed E-state index contributed by atoms with van der Waals surface area (Å²) in [6.45, 7) is 0.469. The molecule has 0 unspecified atom stereocenters. The molecule has 19 heavy (non-hydrogen) atoms. The maximum Gasteiger partial charge on any atom is 0.233 e. The monoisotopic (exact) mass is 325 g/mol. The van der Waals surface area contributed by atoms with Crippen LogP contribution in [0.1, 0.15) is 18.4 Å². The molecule has 0 aromatic heterocycles. The molecule has 1 aliphatic heterocycles. The number of rotatable bonds is 2. The average Bonchev–Trinajstić information content (AvgIpc) is 3.13. The Balaban J connectivity index is 1.81. The fourth-order valence-corrected chi connectivity index (χ4v) is 3.02. The third kappa shape index (κ3) is 2.20. The van der Waals surface area contributed by atoms with Gasteiger partial charge in [-0.15, -0.1) is 0 Å². The van der Waals surface area contributed by atoms with Crippen molar-refractivity contribution in [1.29, 1.82) is 0 Å². The normalized spacial score (nSPS) is 28.5. The van der Waals surface area contributed by atoms with Gasteiger partial charge >= 0.3 is 0 Å². The number of β-amino-alcohol motifs (C(OH)–C–C–N with tert-alkyl or cyclic N) is 2. The van der Waals surface area contributed by atoms with E-state index in [-0.39, 0.29) is 19.0 Å². The summed E-state index contributed by atoms with van der Waals surface area (Å²) in [5.41, 5.74) is 0.598. The molecule has 2 aliphatic rings. The van der Waals surface area contributed by atoms with Gasteiger partial charge in [-0.3, -0.25) is 4.79 Å². The molecular formula is C14H16BrNO3. The Morgan fingerprint density at radius 3 is 2.16 bits per heavy atom. The van der Waals surface area contributed by atoms with Gasteiger partial charge < -0.3 is 15.1 Å². The first-order chi connectivity index (χ1) is 9.03. The molecule has 0 bridgehead atoms. The highest BCUT2D eigenvalue weighted by atomic mass is 79.9. The van der Waals surface area contributed by atoms with Crippen LogP contribution >= 0.6 is 15.9 Å². The highest BCUT2D eigenvalue weighted by Crippen LogP contribution is 2.50. The van der Waals surface area contributed by atoms with E-state index in [0.29, 0.717) is 0 Å². The predicted octanol–water partition coefficient (Wildman–Crippen LogP) is 1.04. The van der Waals surface area contributed by atoms with Crippen LogP contribution in [0, 0.1) is 0 Å². The fraction of sp³-hybridized carbons (Fsp3) is 0.500. The average molecular weight is 326 g/mol. The lowest BCUT2D eigenvalue weighted by molar-refractivity contribution is -0.133. The number of hydrogen-bond donors (Lipinski definition) is 2. The number of aliphatic hydroxyl groups excluding tert-OH is 2. The van der Waals surface area contributed by atoms with E-state index in [0.717, 1.165) is 22.9 Å². The van der Waals surface area contributed by atoms with Crippen LogP contribution in [0.25, 0.3) is 0 Å². The summed E-state index contributed by atoms with van der Waals surface area (Å²) in [6, 6.07) is 7.82. The molecule has 0 spiro atoms. The first-order valence-electron chi connectivity index (χ1n) is 6.44. The molecule has 0 radical (unpaired) electrons. The van der Waals surface area contributed by atoms with Gasteiger partial charge in [0.05, 0.1) is 17.6 Å². The molecular weight excluding hydrogens is 310 g/mol. The smallest absolute Gasteiger partial charge is 0.233 e. The Morgan fingerprint density at radius 2 is 1.68 bits per heavy atom. The quantitative estimate of drug-likeness (QED) is 0.854. The summed E-state index contributed by atoms with van der Waals surface area (Å²) in [6.07, 6.45) is 0.0566. The molecule has 1 saturated carbocycles. The summed E-state index contributed by atoms with van der Waals surface area (Å²) in [5.74, 6) is 0.0328. The van der Waals surface area contributed by atoms with Gasteiger partial charge in [0.2, 0.25) is 5.91 Å². The van der Waals surface area contributed by atoms with Gasteiger partial charge in [-0.25, -0.2) is 0 Å². The van der Waals surface area contributed by atoms with Gasteiger partial charge in [0.25, 0.3) is 0 Å².